The Morgan fingerprint density at radius 3 is 2.15 bits per heavy atom. The van der Waals surface area contributed by atoms with E-state index in [4.69, 9.17) is 16.3 Å². The van der Waals surface area contributed by atoms with Crippen molar-refractivity contribution in [2.24, 2.45) is 5.92 Å². The predicted molar refractivity (Wildman–Crippen MR) is 108 cm³/mol. The van der Waals surface area contributed by atoms with Gasteiger partial charge in [0.05, 0.1) is 6.54 Å². The summed E-state index contributed by atoms with van der Waals surface area (Å²) in [6, 6.07) is 13.6. The van der Waals surface area contributed by atoms with Crippen molar-refractivity contribution in [2.45, 2.75) is 20.3 Å². The van der Waals surface area contributed by atoms with Crippen molar-refractivity contribution in [3.63, 3.8) is 0 Å². The highest BCUT2D eigenvalue weighted by atomic mass is 35.5. The third-order valence-electron chi connectivity index (χ3n) is 3.49. The van der Waals surface area contributed by atoms with E-state index in [1.54, 1.807) is 48.5 Å². The van der Waals surface area contributed by atoms with Gasteiger partial charge in [-0.05, 0) is 54.4 Å². The number of carbonyl (C=O) groups excluding carboxylic acids is 2. The average Bonchev–Trinajstić information content (AvgIpc) is 2.61. The van der Waals surface area contributed by atoms with Crippen molar-refractivity contribution >= 4 is 34.9 Å². The van der Waals surface area contributed by atoms with Crippen LogP contribution < -0.4 is 20.7 Å². The van der Waals surface area contributed by atoms with E-state index < -0.39 is 0 Å². The molecule has 0 aliphatic heterocycles. The summed E-state index contributed by atoms with van der Waals surface area (Å²) in [6.45, 7) is 4.69. The molecule has 7 heteroatoms. The fourth-order valence-corrected chi connectivity index (χ4v) is 2.39. The number of carbonyl (C=O) groups is 2. The van der Waals surface area contributed by atoms with Crippen LogP contribution in [0.2, 0.25) is 5.02 Å². The van der Waals surface area contributed by atoms with Gasteiger partial charge in [-0.2, -0.15) is 0 Å². The highest BCUT2D eigenvalue weighted by molar-refractivity contribution is 6.30. The Kier molecular flexibility index (Phi) is 7.95. The smallest absolute Gasteiger partial charge is 0.319 e. The minimum Gasteiger partial charge on any atom is -0.492 e. The first-order valence-electron chi connectivity index (χ1n) is 8.75. The number of rotatable bonds is 8. The molecule has 6 nitrogen and oxygen atoms in total. The zero-order valence-electron chi connectivity index (χ0n) is 15.4. The lowest BCUT2D eigenvalue weighted by Gasteiger charge is -2.10. The SMILES string of the molecule is CC(C)CC(=O)Nc1ccc(NC(=O)NCCOc2ccc(Cl)cc2)cc1. The number of benzene rings is 2. The molecule has 0 bridgehead atoms. The van der Waals surface area contributed by atoms with Gasteiger partial charge in [-0.25, -0.2) is 4.79 Å². The average molecular weight is 390 g/mol. The third-order valence-corrected chi connectivity index (χ3v) is 3.74. The van der Waals surface area contributed by atoms with Gasteiger partial charge in [-0.1, -0.05) is 25.4 Å². The summed E-state index contributed by atoms with van der Waals surface area (Å²) in [5, 5.41) is 8.90. The summed E-state index contributed by atoms with van der Waals surface area (Å²) >= 11 is 5.80. The number of urea groups is 1. The molecule has 0 saturated carbocycles. The molecule has 0 aromatic heterocycles. The molecule has 3 N–H and O–H groups in total. The number of hydrogen-bond donors (Lipinski definition) is 3. The molecule has 27 heavy (non-hydrogen) atoms. The predicted octanol–water partition coefficient (Wildman–Crippen LogP) is 4.53. The second-order valence-corrected chi connectivity index (χ2v) is 6.84. The standard InChI is InChI=1S/C20H24ClN3O3/c1-14(2)13-19(25)23-16-5-7-17(8-6-16)24-20(26)22-11-12-27-18-9-3-15(21)4-10-18/h3-10,14H,11-13H2,1-2H3,(H,23,25)(H2,22,24,26). The van der Waals surface area contributed by atoms with Gasteiger partial charge in [0, 0.05) is 22.8 Å². The molecule has 0 fully saturated rings. The van der Waals surface area contributed by atoms with Gasteiger partial charge in [0.25, 0.3) is 0 Å². The number of ether oxygens (including phenoxy) is 1. The van der Waals surface area contributed by atoms with Crippen LogP contribution in [-0.4, -0.2) is 25.1 Å². The van der Waals surface area contributed by atoms with E-state index in [2.05, 4.69) is 16.0 Å². The van der Waals surface area contributed by atoms with Gasteiger partial charge in [0.15, 0.2) is 0 Å². The zero-order chi connectivity index (χ0) is 19.6. The molecule has 0 radical (unpaired) electrons. The van der Waals surface area contributed by atoms with Crippen LogP contribution >= 0.6 is 11.6 Å². The minimum absolute atomic E-state index is 0.0239. The van der Waals surface area contributed by atoms with Gasteiger partial charge in [-0.3, -0.25) is 4.79 Å². The Hall–Kier alpha value is -2.73. The monoisotopic (exact) mass is 389 g/mol. The number of anilines is 2. The minimum atomic E-state index is -0.328. The summed E-state index contributed by atoms with van der Waals surface area (Å²) in [7, 11) is 0. The van der Waals surface area contributed by atoms with Crippen molar-refractivity contribution in [3.8, 4) is 5.75 Å². The topological polar surface area (TPSA) is 79.5 Å². The van der Waals surface area contributed by atoms with Gasteiger partial charge in [-0.15, -0.1) is 0 Å². The molecule has 144 valence electrons. The molecule has 0 spiro atoms. The second-order valence-electron chi connectivity index (χ2n) is 6.41. The summed E-state index contributed by atoms with van der Waals surface area (Å²) < 4.78 is 5.50. The zero-order valence-corrected chi connectivity index (χ0v) is 16.2. The maximum atomic E-state index is 11.9. The molecule has 0 aliphatic rings. The number of halogens is 1. The van der Waals surface area contributed by atoms with Crippen LogP contribution in [0.4, 0.5) is 16.2 Å². The molecule has 0 heterocycles. The second kappa shape index (κ2) is 10.4. The largest absolute Gasteiger partial charge is 0.492 e. The molecule has 2 aromatic carbocycles. The fourth-order valence-electron chi connectivity index (χ4n) is 2.26. The third kappa shape index (κ3) is 8.00. The molecule has 0 aliphatic carbocycles. The lowest BCUT2D eigenvalue weighted by molar-refractivity contribution is -0.116. The molecule has 3 amide bonds. The highest BCUT2D eigenvalue weighted by Gasteiger charge is 2.06. The van der Waals surface area contributed by atoms with Gasteiger partial charge < -0.3 is 20.7 Å². The molecule has 0 unspecified atom stereocenters. The number of nitrogens with one attached hydrogen (secondary N) is 3. The first-order valence-corrected chi connectivity index (χ1v) is 9.13. The Morgan fingerprint density at radius 1 is 0.963 bits per heavy atom. The first kappa shape index (κ1) is 20.6. The van der Waals surface area contributed by atoms with Crippen LogP contribution in [0.15, 0.2) is 48.5 Å². The summed E-state index contributed by atoms with van der Waals surface area (Å²) in [4.78, 5) is 23.6. The van der Waals surface area contributed by atoms with E-state index >= 15 is 0 Å². The van der Waals surface area contributed by atoms with Gasteiger partial charge in [0.1, 0.15) is 12.4 Å². The molecular formula is C20H24ClN3O3. The van der Waals surface area contributed by atoms with Crippen LogP contribution in [0, 0.1) is 5.92 Å². The van der Waals surface area contributed by atoms with Crippen molar-refractivity contribution in [3.05, 3.63) is 53.6 Å². The Balaban J connectivity index is 1.69. The van der Waals surface area contributed by atoms with E-state index in [0.717, 1.165) is 0 Å². The van der Waals surface area contributed by atoms with Gasteiger partial charge >= 0.3 is 6.03 Å². The van der Waals surface area contributed by atoms with Crippen molar-refractivity contribution in [1.82, 2.24) is 5.32 Å². The van der Waals surface area contributed by atoms with E-state index in [1.807, 2.05) is 13.8 Å². The van der Waals surface area contributed by atoms with Crippen molar-refractivity contribution in [2.75, 3.05) is 23.8 Å². The maximum Gasteiger partial charge on any atom is 0.319 e. The maximum absolute atomic E-state index is 11.9. The lowest BCUT2D eigenvalue weighted by Crippen LogP contribution is -2.32. The van der Waals surface area contributed by atoms with Crippen LogP contribution in [0.5, 0.6) is 5.75 Å². The molecule has 0 saturated heterocycles. The molecular weight excluding hydrogens is 366 g/mol. The Bertz CT molecular complexity index is 746. The summed E-state index contributed by atoms with van der Waals surface area (Å²) in [5.41, 5.74) is 1.33. The summed E-state index contributed by atoms with van der Waals surface area (Å²) in [5.74, 6) is 0.971. The Labute approximate surface area is 164 Å². The summed E-state index contributed by atoms with van der Waals surface area (Å²) in [6.07, 6.45) is 0.473. The van der Waals surface area contributed by atoms with Crippen molar-refractivity contribution in [1.29, 1.82) is 0 Å². The highest BCUT2D eigenvalue weighted by Crippen LogP contribution is 2.16. The molecule has 0 atom stereocenters. The molecule has 2 rings (SSSR count). The van der Waals surface area contributed by atoms with Crippen LogP contribution in [0.1, 0.15) is 20.3 Å². The normalized spacial score (nSPS) is 10.4. The van der Waals surface area contributed by atoms with Gasteiger partial charge in [0.2, 0.25) is 5.91 Å². The Morgan fingerprint density at radius 2 is 1.56 bits per heavy atom. The fraction of sp³-hybridized carbons (Fsp3) is 0.300. The first-order chi connectivity index (χ1) is 12.9. The quantitative estimate of drug-likeness (QED) is 0.580. The number of hydrogen-bond acceptors (Lipinski definition) is 3. The molecule has 2 aromatic rings. The number of amides is 3. The van der Waals surface area contributed by atoms with Crippen molar-refractivity contribution < 1.29 is 14.3 Å². The van der Waals surface area contributed by atoms with Crippen LogP contribution in [0.25, 0.3) is 0 Å². The van der Waals surface area contributed by atoms with E-state index in [-0.39, 0.29) is 11.9 Å². The van der Waals surface area contributed by atoms with Crippen LogP contribution in [-0.2, 0) is 4.79 Å². The van der Waals surface area contributed by atoms with E-state index in [9.17, 15) is 9.59 Å². The lowest BCUT2D eigenvalue weighted by atomic mass is 10.1. The van der Waals surface area contributed by atoms with E-state index in [0.29, 0.717) is 47.6 Å². The van der Waals surface area contributed by atoms with Crippen LogP contribution in [0.3, 0.4) is 0 Å². The van der Waals surface area contributed by atoms with E-state index in [1.165, 1.54) is 0 Å².